The second kappa shape index (κ2) is 3.57. The molecule has 4 nitrogen and oxygen atoms in total. The van der Waals surface area contributed by atoms with Gasteiger partial charge in [0.25, 0.3) is 0 Å². The van der Waals surface area contributed by atoms with Crippen molar-refractivity contribution in [3.8, 4) is 11.4 Å². The molecule has 0 unspecified atom stereocenters. The molecule has 0 aliphatic heterocycles. The first-order chi connectivity index (χ1) is 6.83. The van der Waals surface area contributed by atoms with Gasteiger partial charge in [-0.25, -0.2) is 0 Å². The molecule has 0 radical (unpaired) electrons. The van der Waals surface area contributed by atoms with Gasteiger partial charge in [-0.1, -0.05) is 0 Å². The monoisotopic (exact) mass is 188 g/mol. The summed E-state index contributed by atoms with van der Waals surface area (Å²) in [7, 11) is 0. The fourth-order valence-electron chi connectivity index (χ4n) is 1.42. The van der Waals surface area contributed by atoms with E-state index < -0.39 is 0 Å². The van der Waals surface area contributed by atoms with Crippen molar-refractivity contribution in [1.29, 1.82) is 0 Å². The van der Waals surface area contributed by atoms with Gasteiger partial charge in [-0.2, -0.15) is 0 Å². The van der Waals surface area contributed by atoms with Crippen LogP contribution in [0.5, 0.6) is 0 Å². The summed E-state index contributed by atoms with van der Waals surface area (Å²) in [6.07, 6.45) is 3.52. The SMILES string of the molecule is CCn1cnnc1-c1cccnc1C. The van der Waals surface area contributed by atoms with Crippen LogP contribution in [0.1, 0.15) is 12.6 Å². The van der Waals surface area contributed by atoms with Gasteiger partial charge < -0.3 is 4.57 Å². The average Bonchev–Trinajstić information content (AvgIpc) is 2.66. The molecular weight excluding hydrogens is 176 g/mol. The van der Waals surface area contributed by atoms with Gasteiger partial charge in [0, 0.05) is 24.0 Å². The third-order valence-electron chi connectivity index (χ3n) is 2.20. The van der Waals surface area contributed by atoms with Crippen molar-refractivity contribution in [3.05, 3.63) is 30.4 Å². The van der Waals surface area contributed by atoms with E-state index in [4.69, 9.17) is 0 Å². The molecule has 0 aliphatic rings. The maximum Gasteiger partial charge on any atom is 0.165 e. The second-order valence-corrected chi connectivity index (χ2v) is 3.08. The van der Waals surface area contributed by atoms with E-state index in [0.29, 0.717) is 0 Å². The number of hydrogen-bond donors (Lipinski definition) is 0. The molecule has 0 atom stereocenters. The van der Waals surface area contributed by atoms with E-state index in [1.54, 1.807) is 12.5 Å². The van der Waals surface area contributed by atoms with E-state index in [1.165, 1.54) is 0 Å². The summed E-state index contributed by atoms with van der Waals surface area (Å²) < 4.78 is 2.00. The van der Waals surface area contributed by atoms with Crippen molar-refractivity contribution in [2.24, 2.45) is 0 Å². The number of nitrogens with zero attached hydrogens (tertiary/aromatic N) is 4. The Morgan fingerprint density at radius 3 is 3.00 bits per heavy atom. The van der Waals surface area contributed by atoms with Crippen LogP contribution in [0, 0.1) is 6.92 Å². The average molecular weight is 188 g/mol. The molecule has 0 aromatic carbocycles. The smallest absolute Gasteiger partial charge is 0.165 e. The number of hydrogen-bond acceptors (Lipinski definition) is 3. The standard InChI is InChI=1S/C10H12N4/c1-3-14-7-12-13-10(14)9-5-4-6-11-8(9)2/h4-7H,3H2,1-2H3. The minimum absolute atomic E-state index is 0.872. The molecule has 0 aliphatic carbocycles. The van der Waals surface area contributed by atoms with Gasteiger partial charge in [0.15, 0.2) is 5.82 Å². The topological polar surface area (TPSA) is 43.6 Å². The molecule has 0 amide bonds. The van der Waals surface area contributed by atoms with E-state index >= 15 is 0 Å². The summed E-state index contributed by atoms with van der Waals surface area (Å²) in [6, 6.07) is 3.93. The lowest BCUT2D eigenvalue weighted by Crippen LogP contribution is -1.98. The van der Waals surface area contributed by atoms with Crippen LogP contribution in [0.3, 0.4) is 0 Å². The van der Waals surface area contributed by atoms with Crippen molar-refractivity contribution >= 4 is 0 Å². The fraction of sp³-hybridized carbons (Fsp3) is 0.300. The van der Waals surface area contributed by atoms with Crippen molar-refractivity contribution < 1.29 is 0 Å². The third kappa shape index (κ3) is 1.39. The van der Waals surface area contributed by atoms with Crippen LogP contribution in [-0.2, 0) is 6.54 Å². The van der Waals surface area contributed by atoms with Crippen molar-refractivity contribution in [2.45, 2.75) is 20.4 Å². The zero-order chi connectivity index (χ0) is 9.97. The van der Waals surface area contributed by atoms with E-state index in [-0.39, 0.29) is 0 Å². The Labute approximate surface area is 82.6 Å². The van der Waals surface area contributed by atoms with Crippen LogP contribution in [0.4, 0.5) is 0 Å². The number of aryl methyl sites for hydroxylation is 2. The Balaban J connectivity index is 2.54. The van der Waals surface area contributed by atoms with Gasteiger partial charge in [0.1, 0.15) is 6.33 Å². The summed E-state index contributed by atoms with van der Waals surface area (Å²) in [4.78, 5) is 4.23. The molecule has 4 heteroatoms. The van der Waals surface area contributed by atoms with E-state index in [2.05, 4.69) is 22.1 Å². The minimum Gasteiger partial charge on any atom is -0.314 e. The Morgan fingerprint density at radius 2 is 2.29 bits per heavy atom. The van der Waals surface area contributed by atoms with E-state index in [1.807, 2.05) is 23.6 Å². The normalized spacial score (nSPS) is 10.4. The Bertz CT molecular complexity index is 433. The first kappa shape index (κ1) is 8.87. The van der Waals surface area contributed by atoms with Crippen LogP contribution >= 0.6 is 0 Å². The molecule has 0 saturated carbocycles. The molecule has 0 fully saturated rings. The lowest BCUT2D eigenvalue weighted by Gasteiger charge is -2.04. The van der Waals surface area contributed by atoms with Crippen LogP contribution in [0.25, 0.3) is 11.4 Å². The zero-order valence-corrected chi connectivity index (χ0v) is 8.31. The summed E-state index contributed by atoms with van der Waals surface area (Å²) in [5.74, 6) is 0.887. The first-order valence-corrected chi connectivity index (χ1v) is 4.62. The van der Waals surface area contributed by atoms with E-state index in [0.717, 1.165) is 23.6 Å². The number of rotatable bonds is 2. The summed E-state index contributed by atoms with van der Waals surface area (Å²) >= 11 is 0. The molecule has 2 heterocycles. The van der Waals surface area contributed by atoms with E-state index in [9.17, 15) is 0 Å². The second-order valence-electron chi connectivity index (χ2n) is 3.08. The van der Waals surface area contributed by atoms with Crippen LogP contribution in [-0.4, -0.2) is 19.7 Å². The molecule has 0 saturated heterocycles. The maximum atomic E-state index is 4.23. The first-order valence-electron chi connectivity index (χ1n) is 4.62. The third-order valence-corrected chi connectivity index (χ3v) is 2.20. The Hall–Kier alpha value is -1.71. The van der Waals surface area contributed by atoms with Gasteiger partial charge in [-0.3, -0.25) is 4.98 Å². The molecule has 14 heavy (non-hydrogen) atoms. The Kier molecular flexibility index (Phi) is 2.26. The number of aromatic nitrogens is 4. The highest BCUT2D eigenvalue weighted by molar-refractivity contribution is 5.57. The fourth-order valence-corrected chi connectivity index (χ4v) is 1.42. The van der Waals surface area contributed by atoms with Gasteiger partial charge in [-0.15, -0.1) is 10.2 Å². The molecule has 2 aromatic rings. The van der Waals surface area contributed by atoms with Gasteiger partial charge >= 0.3 is 0 Å². The summed E-state index contributed by atoms with van der Waals surface area (Å²) in [6.45, 7) is 4.92. The lowest BCUT2D eigenvalue weighted by atomic mass is 10.2. The van der Waals surface area contributed by atoms with Crippen LogP contribution in [0.15, 0.2) is 24.7 Å². The predicted octanol–water partition coefficient (Wildman–Crippen LogP) is 1.67. The quantitative estimate of drug-likeness (QED) is 0.720. The van der Waals surface area contributed by atoms with Crippen LogP contribution < -0.4 is 0 Å². The molecule has 2 aromatic heterocycles. The van der Waals surface area contributed by atoms with Crippen LogP contribution in [0.2, 0.25) is 0 Å². The highest BCUT2D eigenvalue weighted by Crippen LogP contribution is 2.18. The molecular formula is C10H12N4. The molecule has 0 spiro atoms. The highest BCUT2D eigenvalue weighted by atomic mass is 15.3. The minimum atomic E-state index is 0.872. The van der Waals surface area contributed by atoms with Gasteiger partial charge in [-0.05, 0) is 26.0 Å². The van der Waals surface area contributed by atoms with Gasteiger partial charge in [0.2, 0.25) is 0 Å². The largest absolute Gasteiger partial charge is 0.314 e. The van der Waals surface area contributed by atoms with Gasteiger partial charge in [0.05, 0.1) is 0 Å². The molecule has 0 N–H and O–H groups in total. The summed E-state index contributed by atoms with van der Waals surface area (Å²) in [5.41, 5.74) is 2.03. The number of pyridine rings is 1. The van der Waals surface area contributed by atoms with Crippen molar-refractivity contribution in [3.63, 3.8) is 0 Å². The zero-order valence-electron chi connectivity index (χ0n) is 8.31. The summed E-state index contributed by atoms with van der Waals surface area (Å²) in [5, 5.41) is 7.99. The molecule has 0 bridgehead atoms. The predicted molar refractivity (Wildman–Crippen MR) is 53.7 cm³/mol. The van der Waals surface area contributed by atoms with Crippen molar-refractivity contribution in [2.75, 3.05) is 0 Å². The Morgan fingerprint density at radius 1 is 1.43 bits per heavy atom. The molecule has 2 rings (SSSR count). The highest BCUT2D eigenvalue weighted by Gasteiger charge is 2.08. The van der Waals surface area contributed by atoms with Crippen molar-refractivity contribution in [1.82, 2.24) is 19.7 Å². The maximum absolute atomic E-state index is 4.23. The molecule has 72 valence electrons. The lowest BCUT2D eigenvalue weighted by molar-refractivity contribution is 0.766.